The van der Waals surface area contributed by atoms with Crippen LogP contribution in [0.25, 0.3) is 0 Å². The van der Waals surface area contributed by atoms with Crippen molar-refractivity contribution in [2.45, 2.75) is 31.8 Å². The zero-order chi connectivity index (χ0) is 8.70. The Morgan fingerprint density at radius 1 is 1.45 bits per heavy atom. The normalized spacial score (nSPS) is 39.5. The molecule has 2 unspecified atom stereocenters. The van der Waals surface area contributed by atoms with Crippen LogP contribution in [0, 0.1) is 5.41 Å². The van der Waals surface area contributed by atoms with E-state index in [2.05, 4.69) is 27.7 Å². The Morgan fingerprint density at radius 3 is 2.18 bits per heavy atom. The summed E-state index contributed by atoms with van der Waals surface area (Å²) in [6.07, 6.45) is 0. The molecule has 0 aliphatic carbocycles. The lowest BCUT2D eigenvalue weighted by Crippen LogP contribution is -2.38. The summed E-state index contributed by atoms with van der Waals surface area (Å²) >= 11 is 1.86. The van der Waals surface area contributed by atoms with Crippen LogP contribution in [0.4, 0.5) is 0 Å². The van der Waals surface area contributed by atoms with Crippen molar-refractivity contribution in [3.63, 3.8) is 0 Å². The van der Waals surface area contributed by atoms with E-state index < -0.39 is 10.8 Å². The maximum absolute atomic E-state index is 11.6. The van der Waals surface area contributed by atoms with Gasteiger partial charge in [0.1, 0.15) is 0 Å². The first-order valence-corrected chi connectivity index (χ1v) is 6.21. The average Bonchev–Trinajstić information content (AvgIpc) is 2.12. The average molecular weight is 192 g/mol. The van der Waals surface area contributed by atoms with E-state index in [1.807, 2.05) is 11.8 Å². The highest BCUT2D eigenvalue weighted by Gasteiger charge is 2.46. The molecule has 1 saturated heterocycles. The predicted molar refractivity (Wildman–Crippen MR) is 53.3 cm³/mol. The molecule has 1 heterocycles. The molecule has 0 aromatic heterocycles. The van der Waals surface area contributed by atoms with Crippen molar-refractivity contribution in [2.24, 2.45) is 5.41 Å². The van der Waals surface area contributed by atoms with Gasteiger partial charge in [-0.25, -0.2) is 0 Å². The summed E-state index contributed by atoms with van der Waals surface area (Å²) in [5.74, 6) is 1.93. The summed E-state index contributed by atoms with van der Waals surface area (Å²) in [5, 5.41) is 0. The van der Waals surface area contributed by atoms with E-state index in [9.17, 15) is 4.21 Å². The van der Waals surface area contributed by atoms with Gasteiger partial charge in [-0.2, -0.15) is 0 Å². The van der Waals surface area contributed by atoms with Crippen molar-refractivity contribution < 1.29 is 4.21 Å². The minimum absolute atomic E-state index is 0.0208. The molecule has 0 amide bonds. The van der Waals surface area contributed by atoms with Gasteiger partial charge in [-0.3, -0.25) is 4.21 Å². The van der Waals surface area contributed by atoms with E-state index in [1.54, 1.807) is 0 Å². The quantitative estimate of drug-likeness (QED) is 0.585. The smallest absolute Gasteiger partial charge is 0.0929 e. The van der Waals surface area contributed by atoms with E-state index in [1.165, 1.54) is 0 Å². The molecule has 1 aliphatic heterocycles. The Balaban J connectivity index is 2.90. The van der Waals surface area contributed by atoms with Crippen LogP contribution in [0.2, 0.25) is 0 Å². The van der Waals surface area contributed by atoms with Crippen LogP contribution in [-0.2, 0) is 10.8 Å². The van der Waals surface area contributed by atoms with Gasteiger partial charge >= 0.3 is 0 Å². The predicted octanol–water partition coefficient (Wildman–Crippen LogP) is 2.24. The first kappa shape index (κ1) is 9.59. The SMILES string of the molecule is CC(C)(C)C1(C)SCCS1=O. The molecule has 1 fully saturated rings. The maximum Gasteiger partial charge on any atom is 0.0929 e. The Labute approximate surface area is 75.8 Å². The standard InChI is InChI=1S/C8H16OS2/c1-7(2,3)8(4)10-5-6-11(8)9/h5-6H2,1-4H3. The number of rotatable bonds is 0. The van der Waals surface area contributed by atoms with Gasteiger partial charge in [-0.1, -0.05) is 20.8 Å². The lowest BCUT2D eigenvalue weighted by Gasteiger charge is -2.36. The Hall–Kier alpha value is 0.500. The van der Waals surface area contributed by atoms with Gasteiger partial charge in [0, 0.05) is 22.3 Å². The monoisotopic (exact) mass is 192 g/mol. The van der Waals surface area contributed by atoms with Crippen LogP contribution in [0.1, 0.15) is 27.7 Å². The zero-order valence-electron chi connectivity index (χ0n) is 7.64. The van der Waals surface area contributed by atoms with Crippen LogP contribution in [0.15, 0.2) is 0 Å². The molecule has 1 rings (SSSR count). The highest BCUT2D eigenvalue weighted by atomic mass is 32.2. The van der Waals surface area contributed by atoms with Crippen molar-refractivity contribution in [1.29, 1.82) is 0 Å². The molecule has 0 aromatic rings. The van der Waals surface area contributed by atoms with Crippen LogP contribution < -0.4 is 0 Å². The highest BCUT2D eigenvalue weighted by Crippen LogP contribution is 2.48. The molecule has 1 nitrogen and oxygen atoms in total. The summed E-state index contributed by atoms with van der Waals surface area (Å²) in [6, 6.07) is 0. The lowest BCUT2D eigenvalue weighted by atomic mass is 9.92. The summed E-state index contributed by atoms with van der Waals surface area (Å²) in [6.45, 7) is 8.64. The number of hydrogen-bond acceptors (Lipinski definition) is 2. The summed E-state index contributed by atoms with van der Waals surface area (Å²) in [7, 11) is -0.633. The van der Waals surface area contributed by atoms with Gasteiger partial charge in [-0.05, 0) is 12.3 Å². The van der Waals surface area contributed by atoms with Gasteiger partial charge in [0.05, 0.1) is 4.08 Å². The fourth-order valence-corrected chi connectivity index (χ4v) is 4.99. The lowest BCUT2D eigenvalue weighted by molar-refractivity contribution is 0.379. The van der Waals surface area contributed by atoms with Gasteiger partial charge in [0.15, 0.2) is 0 Å². The van der Waals surface area contributed by atoms with E-state index in [0.29, 0.717) is 0 Å². The summed E-state index contributed by atoms with van der Waals surface area (Å²) in [4.78, 5) is 0. The molecule has 3 heteroatoms. The van der Waals surface area contributed by atoms with E-state index in [4.69, 9.17) is 0 Å². The largest absolute Gasteiger partial charge is 0.258 e. The second-order valence-corrected chi connectivity index (χ2v) is 7.78. The van der Waals surface area contributed by atoms with Gasteiger partial charge in [0.2, 0.25) is 0 Å². The van der Waals surface area contributed by atoms with Crippen LogP contribution in [-0.4, -0.2) is 19.8 Å². The van der Waals surface area contributed by atoms with Crippen LogP contribution in [0.5, 0.6) is 0 Å². The van der Waals surface area contributed by atoms with Crippen molar-refractivity contribution in [2.75, 3.05) is 11.5 Å². The van der Waals surface area contributed by atoms with Crippen molar-refractivity contribution in [3.05, 3.63) is 0 Å². The molecule has 0 N–H and O–H groups in total. The summed E-state index contributed by atoms with van der Waals surface area (Å²) < 4.78 is 11.6. The molecular formula is C8H16OS2. The fourth-order valence-electron chi connectivity index (χ4n) is 1.13. The molecule has 66 valence electrons. The number of hydrogen-bond donors (Lipinski definition) is 0. The molecule has 0 saturated carbocycles. The minimum atomic E-state index is -0.633. The Bertz CT molecular complexity index is 183. The van der Waals surface area contributed by atoms with E-state index in [-0.39, 0.29) is 9.49 Å². The second kappa shape index (κ2) is 2.77. The zero-order valence-corrected chi connectivity index (χ0v) is 9.27. The van der Waals surface area contributed by atoms with Crippen molar-refractivity contribution >= 4 is 22.6 Å². The summed E-state index contributed by atoms with van der Waals surface area (Å²) in [5.41, 5.74) is 0.152. The first-order chi connectivity index (χ1) is 4.88. The van der Waals surface area contributed by atoms with E-state index in [0.717, 1.165) is 11.5 Å². The minimum Gasteiger partial charge on any atom is -0.258 e. The van der Waals surface area contributed by atoms with Gasteiger partial charge < -0.3 is 0 Å². The van der Waals surface area contributed by atoms with Gasteiger partial charge in [0.25, 0.3) is 0 Å². The third-order valence-corrected chi connectivity index (χ3v) is 7.24. The Morgan fingerprint density at radius 2 is 2.00 bits per heavy atom. The molecule has 11 heavy (non-hydrogen) atoms. The molecule has 0 spiro atoms. The van der Waals surface area contributed by atoms with Crippen molar-refractivity contribution in [3.8, 4) is 0 Å². The number of thioether (sulfide) groups is 1. The molecule has 0 aromatic carbocycles. The molecule has 1 aliphatic rings. The highest BCUT2D eigenvalue weighted by molar-refractivity contribution is 8.15. The molecule has 0 bridgehead atoms. The van der Waals surface area contributed by atoms with Crippen LogP contribution in [0.3, 0.4) is 0 Å². The fraction of sp³-hybridized carbons (Fsp3) is 1.00. The first-order valence-electron chi connectivity index (χ1n) is 3.90. The molecular weight excluding hydrogens is 176 g/mol. The second-order valence-electron chi connectivity index (χ2n) is 4.09. The molecule has 0 radical (unpaired) electrons. The van der Waals surface area contributed by atoms with Crippen LogP contribution >= 0.6 is 11.8 Å². The topological polar surface area (TPSA) is 17.1 Å². The van der Waals surface area contributed by atoms with E-state index >= 15 is 0 Å². The van der Waals surface area contributed by atoms with Crippen molar-refractivity contribution in [1.82, 2.24) is 0 Å². The maximum atomic E-state index is 11.6. The third kappa shape index (κ3) is 1.50. The Kier molecular flexibility index (Phi) is 2.41. The third-order valence-electron chi connectivity index (χ3n) is 2.44. The molecule has 2 atom stereocenters. The van der Waals surface area contributed by atoms with Gasteiger partial charge in [-0.15, -0.1) is 11.8 Å².